The van der Waals surface area contributed by atoms with Crippen molar-refractivity contribution in [1.82, 2.24) is 14.8 Å². The maximum Gasteiger partial charge on any atom is 0.274 e. The Morgan fingerprint density at radius 2 is 2.16 bits per heavy atom. The monoisotopic (exact) mass is 417 g/mol. The maximum atomic E-state index is 12.8. The van der Waals surface area contributed by atoms with Crippen molar-refractivity contribution in [2.75, 3.05) is 25.1 Å². The van der Waals surface area contributed by atoms with Crippen LogP contribution in [0.1, 0.15) is 58.7 Å². The molecule has 4 heterocycles. The van der Waals surface area contributed by atoms with Gasteiger partial charge in [0.05, 0.1) is 35.9 Å². The number of aryl methyl sites for hydroxylation is 1. The van der Waals surface area contributed by atoms with Crippen molar-refractivity contribution in [2.45, 2.75) is 38.3 Å². The maximum absolute atomic E-state index is 12.8. The molecule has 0 radical (unpaired) electrons. The number of carbonyl (C=O) groups is 1. The number of nitrogens with zero attached hydrogens (tertiary/aromatic N) is 4. The van der Waals surface area contributed by atoms with Gasteiger partial charge in [-0.2, -0.15) is 10.4 Å². The molecule has 3 aromatic rings. The van der Waals surface area contributed by atoms with Crippen LogP contribution >= 0.6 is 0 Å². The Kier molecular flexibility index (Phi) is 5.14. The van der Waals surface area contributed by atoms with Gasteiger partial charge in [-0.3, -0.25) is 4.79 Å². The summed E-state index contributed by atoms with van der Waals surface area (Å²) in [5.41, 5.74) is 4.05. The summed E-state index contributed by atoms with van der Waals surface area (Å²) in [6.45, 7) is 3.83. The van der Waals surface area contributed by atoms with Crippen molar-refractivity contribution >= 4 is 22.5 Å². The summed E-state index contributed by atoms with van der Waals surface area (Å²) in [5, 5.41) is 17.8. The number of rotatable bonds is 4. The molecule has 2 saturated heterocycles. The summed E-state index contributed by atoms with van der Waals surface area (Å²) in [4.78, 5) is 16.9. The third-order valence-electron chi connectivity index (χ3n) is 5.87. The smallest absolute Gasteiger partial charge is 0.274 e. The SMILES string of the molecule is Cc1cc(C#N)cnc1C(=O)Nc1ccc2c(c1)c(C1COC1)nn2C1CCCCO1. The molecular weight excluding hydrogens is 394 g/mol. The van der Waals surface area contributed by atoms with E-state index in [1.54, 1.807) is 13.0 Å². The molecule has 0 bridgehead atoms. The summed E-state index contributed by atoms with van der Waals surface area (Å²) >= 11 is 0. The molecular formula is C23H23N5O3. The number of aromatic nitrogens is 3. The molecule has 1 aromatic carbocycles. The van der Waals surface area contributed by atoms with Crippen LogP contribution in [0.2, 0.25) is 0 Å². The van der Waals surface area contributed by atoms with Crippen LogP contribution in [0.5, 0.6) is 0 Å². The van der Waals surface area contributed by atoms with E-state index in [1.165, 1.54) is 6.20 Å². The molecule has 2 fully saturated rings. The standard InChI is InChI=1S/C23H23N5O3/c1-14-8-15(10-24)11-25-21(14)23(29)26-17-5-6-19-18(9-17)22(16-12-30-13-16)27-28(19)20-4-2-3-7-31-20/h5-6,8-9,11,16,20H,2-4,7,12-13H2,1H3,(H,26,29). The number of hydrogen-bond donors (Lipinski definition) is 1. The predicted octanol–water partition coefficient (Wildman–Crippen LogP) is 3.68. The van der Waals surface area contributed by atoms with E-state index in [0.717, 1.165) is 42.5 Å². The zero-order chi connectivity index (χ0) is 21.4. The van der Waals surface area contributed by atoms with Crippen molar-refractivity contribution in [2.24, 2.45) is 0 Å². The highest BCUT2D eigenvalue weighted by Gasteiger charge is 2.29. The van der Waals surface area contributed by atoms with Gasteiger partial charge in [-0.1, -0.05) is 0 Å². The Bertz CT molecular complexity index is 1190. The third-order valence-corrected chi connectivity index (χ3v) is 5.87. The molecule has 0 saturated carbocycles. The normalized spacial score (nSPS) is 19.0. The molecule has 31 heavy (non-hydrogen) atoms. The number of pyridine rings is 1. The third kappa shape index (κ3) is 3.67. The number of carbonyl (C=O) groups excluding carboxylic acids is 1. The van der Waals surface area contributed by atoms with Crippen molar-refractivity contribution in [3.05, 3.63) is 53.0 Å². The molecule has 2 aliphatic heterocycles. The Hall–Kier alpha value is -3.28. The van der Waals surface area contributed by atoms with Crippen molar-refractivity contribution in [3.63, 3.8) is 0 Å². The lowest BCUT2D eigenvalue weighted by molar-refractivity contribution is -0.0382. The number of anilines is 1. The van der Waals surface area contributed by atoms with Gasteiger partial charge in [-0.25, -0.2) is 9.67 Å². The van der Waals surface area contributed by atoms with Crippen LogP contribution < -0.4 is 5.32 Å². The van der Waals surface area contributed by atoms with Gasteiger partial charge >= 0.3 is 0 Å². The fourth-order valence-electron chi connectivity index (χ4n) is 4.14. The largest absolute Gasteiger partial charge is 0.380 e. The van der Waals surface area contributed by atoms with E-state index in [1.807, 2.05) is 29.0 Å². The summed E-state index contributed by atoms with van der Waals surface area (Å²) < 4.78 is 13.4. The molecule has 1 N–H and O–H groups in total. The topological polar surface area (TPSA) is 102 Å². The molecule has 0 aliphatic carbocycles. The molecule has 0 spiro atoms. The first-order valence-electron chi connectivity index (χ1n) is 10.5. The highest BCUT2D eigenvalue weighted by Crippen LogP contribution is 2.35. The molecule has 1 atom stereocenters. The van der Waals surface area contributed by atoms with Gasteiger partial charge in [0.15, 0.2) is 6.23 Å². The number of hydrogen-bond acceptors (Lipinski definition) is 6. The molecule has 8 heteroatoms. The zero-order valence-corrected chi connectivity index (χ0v) is 17.3. The number of ether oxygens (including phenoxy) is 2. The fourth-order valence-corrected chi connectivity index (χ4v) is 4.14. The lowest BCUT2D eigenvalue weighted by Crippen LogP contribution is -2.26. The number of fused-ring (bicyclic) bond motifs is 1. The number of nitriles is 1. The number of nitrogens with one attached hydrogen (secondary N) is 1. The van der Waals surface area contributed by atoms with Gasteiger partial charge in [0, 0.05) is 23.9 Å². The Labute approximate surface area is 179 Å². The second kappa shape index (κ2) is 8.10. The van der Waals surface area contributed by atoms with E-state index in [-0.39, 0.29) is 18.1 Å². The number of amides is 1. The molecule has 1 amide bonds. The second-order valence-corrected chi connectivity index (χ2v) is 8.07. The summed E-state index contributed by atoms with van der Waals surface area (Å²) in [7, 11) is 0. The van der Waals surface area contributed by atoms with Crippen LogP contribution in [0.25, 0.3) is 10.9 Å². The van der Waals surface area contributed by atoms with Gasteiger partial charge in [0.1, 0.15) is 11.8 Å². The first kappa shape index (κ1) is 19.7. The zero-order valence-electron chi connectivity index (χ0n) is 17.3. The van der Waals surface area contributed by atoms with Crippen LogP contribution in [-0.2, 0) is 9.47 Å². The Morgan fingerprint density at radius 1 is 1.29 bits per heavy atom. The molecule has 2 aliphatic rings. The lowest BCUT2D eigenvalue weighted by Gasteiger charge is -2.25. The van der Waals surface area contributed by atoms with Gasteiger partial charge in [-0.05, 0) is 56.0 Å². The quantitative estimate of drug-likeness (QED) is 0.695. The Morgan fingerprint density at radius 3 is 2.84 bits per heavy atom. The highest BCUT2D eigenvalue weighted by atomic mass is 16.5. The molecule has 158 valence electrons. The van der Waals surface area contributed by atoms with Crippen molar-refractivity contribution < 1.29 is 14.3 Å². The average Bonchev–Trinajstić information content (AvgIpc) is 3.11. The number of benzene rings is 1. The average molecular weight is 417 g/mol. The minimum absolute atomic E-state index is 0.0584. The molecule has 2 aromatic heterocycles. The van der Waals surface area contributed by atoms with E-state index < -0.39 is 0 Å². The van der Waals surface area contributed by atoms with E-state index >= 15 is 0 Å². The molecule has 8 nitrogen and oxygen atoms in total. The Balaban J connectivity index is 1.47. The van der Waals surface area contributed by atoms with E-state index in [9.17, 15) is 4.79 Å². The first-order chi connectivity index (χ1) is 15.1. The lowest BCUT2D eigenvalue weighted by atomic mass is 10.0. The second-order valence-electron chi connectivity index (χ2n) is 8.07. The highest BCUT2D eigenvalue weighted by molar-refractivity contribution is 6.04. The van der Waals surface area contributed by atoms with Crippen molar-refractivity contribution in [3.8, 4) is 6.07 Å². The summed E-state index contributed by atoms with van der Waals surface area (Å²) in [6, 6.07) is 9.52. The minimum atomic E-state index is -0.308. The minimum Gasteiger partial charge on any atom is -0.380 e. The van der Waals surface area contributed by atoms with Crippen LogP contribution in [-0.4, -0.2) is 40.5 Å². The van der Waals surface area contributed by atoms with Crippen LogP contribution in [0.15, 0.2) is 30.5 Å². The van der Waals surface area contributed by atoms with Gasteiger partial charge in [-0.15, -0.1) is 0 Å². The molecule has 1 unspecified atom stereocenters. The first-order valence-corrected chi connectivity index (χ1v) is 10.5. The van der Waals surface area contributed by atoms with E-state index in [4.69, 9.17) is 19.8 Å². The van der Waals surface area contributed by atoms with E-state index in [0.29, 0.717) is 35.7 Å². The van der Waals surface area contributed by atoms with Gasteiger partial charge < -0.3 is 14.8 Å². The summed E-state index contributed by atoms with van der Waals surface area (Å²) in [5.74, 6) is -0.0568. The van der Waals surface area contributed by atoms with Gasteiger partial charge in [0.25, 0.3) is 5.91 Å². The molecule has 5 rings (SSSR count). The van der Waals surface area contributed by atoms with Crippen LogP contribution in [0.3, 0.4) is 0 Å². The van der Waals surface area contributed by atoms with Crippen molar-refractivity contribution in [1.29, 1.82) is 5.26 Å². The van der Waals surface area contributed by atoms with Gasteiger partial charge in [0.2, 0.25) is 0 Å². The van der Waals surface area contributed by atoms with Crippen LogP contribution in [0, 0.1) is 18.3 Å². The van der Waals surface area contributed by atoms with Crippen LogP contribution in [0.4, 0.5) is 5.69 Å². The summed E-state index contributed by atoms with van der Waals surface area (Å²) in [6.07, 6.45) is 4.50. The fraction of sp³-hybridized carbons (Fsp3) is 0.391. The predicted molar refractivity (Wildman–Crippen MR) is 114 cm³/mol. The van der Waals surface area contributed by atoms with E-state index in [2.05, 4.69) is 10.3 Å².